The summed E-state index contributed by atoms with van der Waals surface area (Å²) in [6.07, 6.45) is 1.14. The fourth-order valence-corrected chi connectivity index (χ4v) is 1.46. The molecule has 0 bridgehead atoms. The summed E-state index contributed by atoms with van der Waals surface area (Å²) in [6.45, 7) is 2.58. The van der Waals surface area contributed by atoms with Gasteiger partial charge >= 0.3 is 0 Å². The Labute approximate surface area is 76.1 Å². The summed E-state index contributed by atoms with van der Waals surface area (Å²) in [4.78, 5) is 4.19. The average molecular weight is 183 g/mol. The summed E-state index contributed by atoms with van der Waals surface area (Å²) < 4.78 is 5.05. The Morgan fingerprint density at radius 2 is 2.54 bits per heavy atom. The summed E-state index contributed by atoms with van der Waals surface area (Å²) in [5.41, 5.74) is 0. The molecule has 1 aliphatic heterocycles. The first-order valence-corrected chi connectivity index (χ1v) is 4.53. The molecule has 1 aromatic heterocycles. The van der Waals surface area contributed by atoms with E-state index in [0.717, 1.165) is 12.2 Å². The van der Waals surface area contributed by atoms with Crippen LogP contribution in [0.4, 0.5) is 0 Å². The van der Waals surface area contributed by atoms with Crippen LogP contribution in [0.3, 0.4) is 0 Å². The molecule has 2 unspecified atom stereocenters. The summed E-state index contributed by atoms with van der Waals surface area (Å²) in [6, 6.07) is 0.0304. The van der Waals surface area contributed by atoms with Gasteiger partial charge in [-0.15, -0.1) is 0 Å². The van der Waals surface area contributed by atoms with E-state index in [2.05, 4.69) is 15.5 Å². The third-order valence-electron chi connectivity index (χ3n) is 2.21. The highest BCUT2D eigenvalue weighted by molar-refractivity contribution is 4.97. The van der Waals surface area contributed by atoms with Crippen molar-refractivity contribution in [2.45, 2.75) is 31.9 Å². The second-order valence-corrected chi connectivity index (χ2v) is 3.25. The molecule has 1 saturated heterocycles. The maximum atomic E-state index is 9.27. The number of aryl methyl sites for hydroxylation is 1. The molecule has 0 saturated carbocycles. The minimum atomic E-state index is -0.290. The smallest absolute Gasteiger partial charge is 0.243 e. The maximum absolute atomic E-state index is 9.27. The molecular weight excluding hydrogens is 170 g/mol. The van der Waals surface area contributed by atoms with Gasteiger partial charge in [0.05, 0.1) is 12.1 Å². The molecule has 0 spiro atoms. The SMILES string of the molecule is CCc1noc(C2CC(O)CN2)n1. The van der Waals surface area contributed by atoms with Gasteiger partial charge < -0.3 is 14.9 Å². The monoisotopic (exact) mass is 183 g/mol. The van der Waals surface area contributed by atoms with Crippen molar-refractivity contribution in [3.8, 4) is 0 Å². The Morgan fingerprint density at radius 3 is 3.08 bits per heavy atom. The predicted octanol–water partition coefficient (Wildman–Crippen LogP) is 0.0273. The lowest BCUT2D eigenvalue weighted by Gasteiger charge is -2.01. The van der Waals surface area contributed by atoms with Gasteiger partial charge in [-0.1, -0.05) is 12.1 Å². The number of hydrogen-bond acceptors (Lipinski definition) is 5. The molecule has 2 N–H and O–H groups in total. The molecule has 5 nitrogen and oxygen atoms in total. The van der Waals surface area contributed by atoms with E-state index in [1.54, 1.807) is 0 Å². The molecule has 0 aromatic carbocycles. The highest BCUT2D eigenvalue weighted by Gasteiger charge is 2.27. The molecule has 0 amide bonds. The standard InChI is InChI=1S/C8H13N3O2/c1-2-7-10-8(13-11-7)6-3-5(12)4-9-6/h5-6,9,12H,2-4H2,1H3. The van der Waals surface area contributed by atoms with Gasteiger partial charge in [0.2, 0.25) is 5.89 Å². The van der Waals surface area contributed by atoms with Gasteiger partial charge in [0.1, 0.15) is 0 Å². The minimum absolute atomic E-state index is 0.0304. The molecule has 13 heavy (non-hydrogen) atoms. The lowest BCUT2D eigenvalue weighted by molar-refractivity contribution is 0.191. The number of nitrogens with one attached hydrogen (secondary N) is 1. The number of nitrogens with zero attached hydrogens (tertiary/aromatic N) is 2. The van der Waals surface area contributed by atoms with Crippen LogP contribution in [-0.2, 0) is 6.42 Å². The van der Waals surface area contributed by atoms with E-state index in [1.165, 1.54) is 0 Å². The van der Waals surface area contributed by atoms with Gasteiger partial charge in [-0.3, -0.25) is 0 Å². The molecule has 2 rings (SSSR count). The van der Waals surface area contributed by atoms with Crippen LogP contribution < -0.4 is 5.32 Å². The van der Waals surface area contributed by atoms with E-state index >= 15 is 0 Å². The zero-order valence-corrected chi connectivity index (χ0v) is 7.53. The van der Waals surface area contributed by atoms with E-state index < -0.39 is 0 Å². The quantitative estimate of drug-likeness (QED) is 0.676. The summed E-state index contributed by atoms with van der Waals surface area (Å²) in [5, 5.41) is 16.2. The van der Waals surface area contributed by atoms with Crippen LogP contribution in [0.15, 0.2) is 4.52 Å². The van der Waals surface area contributed by atoms with Crippen LogP contribution >= 0.6 is 0 Å². The van der Waals surface area contributed by atoms with Crippen LogP contribution in [0.25, 0.3) is 0 Å². The van der Waals surface area contributed by atoms with Crippen LogP contribution in [0.2, 0.25) is 0 Å². The zero-order valence-electron chi connectivity index (χ0n) is 7.53. The van der Waals surface area contributed by atoms with Crippen molar-refractivity contribution in [3.05, 3.63) is 11.7 Å². The van der Waals surface area contributed by atoms with Crippen LogP contribution in [-0.4, -0.2) is 27.9 Å². The first kappa shape index (κ1) is 8.65. The zero-order chi connectivity index (χ0) is 9.26. The lowest BCUT2D eigenvalue weighted by Crippen LogP contribution is -2.15. The van der Waals surface area contributed by atoms with Crippen LogP contribution in [0.1, 0.15) is 31.1 Å². The fraction of sp³-hybridized carbons (Fsp3) is 0.750. The largest absolute Gasteiger partial charge is 0.392 e. The third kappa shape index (κ3) is 1.71. The molecule has 5 heteroatoms. The second kappa shape index (κ2) is 3.43. The van der Waals surface area contributed by atoms with E-state index in [9.17, 15) is 5.11 Å². The number of β-amino-alcohol motifs (C(OH)–C–C–N with tert-alkyl or cyclic N) is 1. The van der Waals surface area contributed by atoms with Crippen molar-refractivity contribution in [3.63, 3.8) is 0 Å². The molecule has 0 aliphatic carbocycles. The van der Waals surface area contributed by atoms with Crippen molar-refractivity contribution in [1.29, 1.82) is 0 Å². The minimum Gasteiger partial charge on any atom is -0.392 e. The van der Waals surface area contributed by atoms with E-state index in [1.807, 2.05) is 6.92 Å². The topological polar surface area (TPSA) is 71.2 Å². The summed E-state index contributed by atoms with van der Waals surface area (Å²) >= 11 is 0. The number of aromatic nitrogens is 2. The third-order valence-corrected chi connectivity index (χ3v) is 2.21. The number of hydrogen-bond donors (Lipinski definition) is 2. The second-order valence-electron chi connectivity index (χ2n) is 3.25. The van der Waals surface area contributed by atoms with Crippen molar-refractivity contribution in [2.75, 3.05) is 6.54 Å². The normalized spacial score (nSPS) is 28.2. The van der Waals surface area contributed by atoms with Gasteiger partial charge in [0, 0.05) is 13.0 Å². The molecule has 2 heterocycles. The lowest BCUT2D eigenvalue weighted by atomic mass is 10.2. The highest BCUT2D eigenvalue weighted by atomic mass is 16.5. The highest BCUT2D eigenvalue weighted by Crippen LogP contribution is 2.21. The van der Waals surface area contributed by atoms with Gasteiger partial charge in [-0.25, -0.2) is 0 Å². The summed E-state index contributed by atoms with van der Waals surface area (Å²) in [7, 11) is 0. The summed E-state index contributed by atoms with van der Waals surface area (Å²) in [5.74, 6) is 1.31. The molecule has 1 fully saturated rings. The Balaban J connectivity index is 2.08. The van der Waals surface area contributed by atoms with Crippen molar-refractivity contribution in [1.82, 2.24) is 15.5 Å². The van der Waals surface area contributed by atoms with Crippen molar-refractivity contribution >= 4 is 0 Å². The number of aliphatic hydroxyl groups excluding tert-OH is 1. The molecule has 1 aromatic rings. The Bertz CT molecular complexity index is 287. The maximum Gasteiger partial charge on any atom is 0.243 e. The van der Waals surface area contributed by atoms with Crippen LogP contribution in [0, 0.1) is 0 Å². The fourth-order valence-electron chi connectivity index (χ4n) is 1.46. The molecule has 0 radical (unpaired) electrons. The Hall–Kier alpha value is -0.940. The van der Waals surface area contributed by atoms with Gasteiger partial charge in [0.25, 0.3) is 0 Å². The first-order chi connectivity index (χ1) is 6.29. The Morgan fingerprint density at radius 1 is 1.69 bits per heavy atom. The molecular formula is C8H13N3O2. The first-order valence-electron chi connectivity index (χ1n) is 4.53. The Kier molecular flexibility index (Phi) is 2.28. The number of rotatable bonds is 2. The van der Waals surface area contributed by atoms with Crippen molar-refractivity contribution < 1.29 is 9.63 Å². The molecule has 2 atom stereocenters. The molecule has 72 valence electrons. The van der Waals surface area contributed by atoms with E-state index in [4.69, 9.17) is 4.52 Å². The molecule has 1 aliphatic rings. The average Bonchev–Trinajstić information content (AvgIpc) is 2.71. The van der Waals surface area contributed by atoms with Gasteiger partial charge in [-0.2, -0.15) is 4.98 Å². The van der Waals surface area contributed by atoms with E-state index in [0.29, 0.717) is 18.9 Å². The van der Waals surface area contributed by atoms with Gasteiger partial charge in [0.15, 0.2) is 5.82 Å². The van der Waals surface area contributed by atoms with Crippen LogP contribution in [0.5, 0.6) is 0 Å². The van der Waals surface area contributed by atoms with Crippen molar-refractivity contribution in [2.24, 2.45) is 0 Å². The number of aliphatic hydroxyl groups is 1. The predicted molar refractivity (Wildman–Crippen MR) is 45.0 cm³/mol. The van der Waals surface area contributed by atoms with E-state index in [-0.39, 0.29) is 12.1 Å². The van der Waals surface area contributed by atoms with Gasteiger partial charge in [-0.05, 0) is 6.42 Å².